The summed E-state index contributed by atoms with van der Waals surface area (Å²) in [5.74, 6) is -1.47. The predicted molar refractivity (Wildman–Crippen MR) is 105 cm³/mol. The Morgan fingerprint density at radius 1 is 1.07 bits per heavy atom. The second kappa shape index (κ2) is 8.27. The number of fused-ring (bicyclic) bond motifs is 1. The lowest BCUT2D eigenvalue weighted by Gasteiger charge is -2.16. The van der Waals surface area contributed by atoms with Gasteiger partial charge in [0.15, 0.2) is 6.10 Å². The molecule has 5 nitrogen and oxygen atoms in total. The number of halogens is 2. The SMILES string of the molecule is COc1cc2ccccc2cc1C(=O)O[C@@H](C)C(=O)Nc1ccc(F)cc1Cl. The summed E-state index contributed by atoms with van der Waals surface area (Å²) in [5.41, 5.74) is 0.430. The molecule has 1 N–H and O–H groups in total. The predicted octanol–water partition coefficient (Wildman–Crippen LogP) is 4.82. The molecule has 144 valence electrons. The molecule has 0 heterocycles. The van der Waals surface area contributed by atoms with Gasteiger partial charge in [-0.25, -0.2) is 9.18 Å². The molecule has 3 aromatic rings. The van der Waals surface area contributed by atoms with Crippen LogP contribution in [0.2, 0.25) is 5.02 Å². The lowest BCUT2D eigenvalue weighted by atomic mass is 10.1. The van der Waals surface area contributed by atoms with Crippen LogP contribution in [-0.2, 0) is 9.53 Å². The molecule has 0 aliphatic rings. The zero-order valence-corrected chi connectivity index (χ0v) is 15.9. The van der Waals surface area contributed by atoms with Gasteiger partial charge in [0.05, 0.1) is 17.8 Å². The molecular formula is C21H17ClFNO4. The van der Waals surface area contributed by atoms with Crippen molar-refractivity contribution in [2.45, 2.75) is 13.0 Å². The van der Waals surface area contributed by atoms with E-state index in [0.29, 0.717) is 5.75 Å². The molecule has 0 saturated heterocycles. The van der Waals surface area contributed by atoms with Crippen LogP contribution in [0.1, 0.15) is 17.3 Å². The third-order valence-electron chi connectivity index (χ3n) is 4.13. The third kappa shape index (κ3) is 4.23. The molecule has 7 heteroatoms. The Bertz CT molecular complexity index is 1050. The van der Waals surface area contributed by atoms with Crippen LogP contribution in [-0.4, -0.2) is 25.1 Å². The maximum absolute atomic E-state index is 13.1. The van der Waals surface area contributed by atoms with E-state index < -0.39 is 23.8 Å². The van der Waals surface area contributed by atoms with Gasteiger partial charge in [-0.3, -0.25) is 4.79 Å². The number of hydrogen-bond donors (Lipinski definition) is 1. The molecule has 0 aliphatic carbocycles. The quantitative estimate of drug-likeness (QED) is 0.622. The second-order valence-corrected chi connectivity index (χ2v) is 6.47. The Kier molecular flexibility index (Phi) is 5.80. The highest BCUT2D eigenvalue weighted by atomic mass is 35.5. The molecule has 0 radical (unpaired) electrons. The van der Waals surface area contributed by atoms with Crippen LogP contribution in [0.5, 0.6) is 5.75 Å². The molecule has 1 atom stereocenters. The summed E-state index contributed by atoms with van der Waals surface area (Å²) in [6.07, 6.45) is -1.11. The molecule has 0 spiro atoms. The van der Waals surface area contributed by atoms with Crippen LogP contribution in [0.4, 0.5) is 10.1 Å². The van der Waals surface area contributed by atoms with Gasteiger partial charge in [0.25, 0.3) is 5.91 Å². The summed E-state index contributed by atoms with van der Waals surface area (Å²) in [6, 6.07) is 14.4. The number of carbonyl (C=O) groups is 2. The minimum atomic E-state index is -1.11. The van der Waals surface area contributed by atoms with Gasteiger partial charge in [-0.15, -0.1) is 0 Å². The fraction of sp³-hybridized carbons (Fsp3) is 0.143. The molecule has 0 aromatic heterocycles. The number of carbonyl (C=O) groups excluding carboxylic acids is 2. The summed E-state index contributed by atoms with van der Waals surface area (Å²) >= 11 is 5.90. The Morgan fingerprint density at radius 3 is 2.39 bits per heavy atom. The van der Waals surface area contributed by atoms with E-state index in [2.05, 4.69) is 5.32 Å². The number of amides is 1. The largest absolute Gasteiger partial charge is 0.496 e. The number of anilines is 1. The zero-order valence-electron chi connectivity index (χ0n) is 15.2. The van der Waals surface area contributed by atoms with E-state index in [9.17, 15) is 14.0 Å². The first kappa shape index (κ1) is 19.6. The highest BCUT2D eigenvalue weighted by molar-refractivity contribution is 6.33. The molecular weight excluding hydrogens is 385 g/mol. The average Bonchev–Trinajstić information content (AvgIpc) is 2.68. The number of ether oxygens (including phenoxy) is 2. The molecule has 0 fully saturated rings. The number of benzene rings is 3. The van der Waals surface area contributed by atoms with Crippen molar-refractivity contribution >= 4 is 39.9 Å². The Balaban J connectivity index is 1.76. The highest BCUT2D eigenvalue weighted by Crippen LogP contribution is 2.27. The zero-order chi connectivity index (χ0) is 20.3. The van der Waals surface area contributed by atoms with Gasteiger partial charge in [0.1, 0.15) is 17.1 Å². The number of esters is 1. The number of nitrogens with one attached hydrogen (secondary N) is 1. The molecule has 3 rings (SSSR count). The number of methoxy groups -OCH3 is 1. The third-order valence-corrected chi connectivity index (χ3v) is 4.44. The number of hydrogen-bond acceptors (Lipinski definition) is 4. The van der Waals surface area contributed by atoms with Crippen LogP contribution in [0.3, 0.4) is 0 Å². The van der Waals surface area contributed by atoms with Crippen LogP contribution in [0.15, 0.2) is 54.6 Å². The first-order chi connectivity index (χ1) is 13.4. The molecule has 1 amide bonds. The van der Waals surface area contributed by atoms with Crippen LogP contribution < -0.4 is 10.1 Å². The van der Waals surface area contributed by atoms with Crippen LogP contribution in [0.25, 0.3) is 10.8 Å². The van der Waals surface area contributed by atoms with Crippen LogP contribution >= 0.6 is 11.6 Å². The molecule has 0 unspecified atom stereocenters. The molecule has 28 heavy (non-hydrogen) atoms. The fourth-order valence-corrected chi connectivity index (χ4v) is 2.87. The first-order valence-electron chi connectivity index (χ1n) is 8.42. The van der Waals surface area contributed by atoms with Gasteiger partial charge in [-0.1, -0.05) is 35.9 Å². The topological polar surface area (TPSA) is 64.6 Å². The van der Waals surface area contributed by atoms with Gasteiger partial charge in [0, 0.05) is 0 Å². The van der Waals surface area contributed by atoms with Crippen molar-refractivity contribution in [3.8, 4) is 5.75 Å². The van der Waals surface area contributed by atoms with Crippen molar-refractivity contribution in [2.75, 3.05) is 12.4 Å². The van der Waals surface area contributed by atoms with Gasteiger partial charge >= 0.3 is 5.97 Å². The monoisotopic (exact) mass is 401 g/mol. The minimum Gasteiger partial charge on any atom is -0.496 e. The van der Waals surface area contributed by atoms with Crippen molar-refractivity contribution in [1.82, 2.24) is 0 Å². The molecule has 3 aromatic carbocycles. The summed E-state index contributed by atoms with van der Waals surface area (Å²) in [4.78, 5) is 24.9. The first-order valence-corrected chi connectivity index (χ1v) is 8.80. The molecule has 0 aliphatic heterocycles. The maximum atomic E-state index is 13.1. The van der Waals surface area contributed by atoms with Gasteiger partial charge in [0.2, 0.25) is 0 Å². The smallest absolute Gasteiger partial charge is 0.342 e. The van der Waals surface area contributed by atoms with E-state index in [1.165, 1.54) is 20.1 Å². The normalized spacial score (nSPS) is 11.7. The van der Waals surface area contributed by atoms with Gasteiger partial charge in [-0.2, -0.15) is 0 Å². The van der Waals surface area contributed by atoms with Gasteiger partial charge in [-0.05, 0) is 48.0 Å². The summed E-state index contributed by atoms with van der Waals surface area (Å²) < 4.78 is 23.7. The Labute approximate surface area is 166 Å². The van der Waals surface area contributed by atoms with Gasteiger partial charge < -0.3 is 14.8 Å². The standard InChI is InChI=1S/C21H17ClFNO4/c1-12(20(25)24-18-8-7-15(23)11-17(18)22)28-21(26)16-9-13-5-3-4-6-14(13)10-19(16)27-2/h3-12H,1-2H3,(H,24,25)/t12-/m0/s1. The molecule has 0 bridgehead atoms. The fourth-order valence-electron chi connectivity index (χ4n) is 2.65. The summed E-state index contributed by atoms with van der Waals surface area (Å²) in [5, 5.41) is 4.30. The summed E-state index contributed by atoms with van der Waals surface area (Å²) in [7, 11) is 1.45. The highest BCUT2D eigenvalue weighted by Gasteiger charge is 2.22. The van der Waals surface area contributed by atoms with E-state index in [-0.39, 0.29) is 16.3 Å². The van der Waals surface area contributed by atoms with E-state index in [1.54, 1.807) is 12.1 Å². The van der Waals surface area contributed by atoms with E-state index in [4.69, 9.17) is 21.1 Å². The van der Waals surface area contributed by atoms with Crippen molar-refractivity contribution in [3.63, 3.8) is 0 Å². The lowest BCUT2D eigenvalue weighted by Crippen LogP contribution is -2.30. The maximum Gasteiger partial charge on any atom is 0.342 e. The van der Waals surface area contributed by atoms with Crippen molar-refractivity contribution in [1.29, 1.82) is 0 Å². The Morgan fingerprint density at radius 2 is 1.75 bits per heavy atom. The average molecular weight is 402 g/mol. The van der Waals surface area contributed by atoms with E-state index in [0.717, 1.165) is 22.9 Å². The van der Waals surface area contributed by atoms with Crippen molar-refractivity contribution in [2.24, 2.45) is 0 Å². The molecule has 0 saturated carbocycles. The lowest BCUT2D eigenvalue weighted by molar-refractivity contribution is -0.123. The van der Waals surface area contributed by atoms with Crippen LogP contribution in [0, 0.1) is 5.82 Å². The second-order valence-electron chi connectivity index (χ2n) is 6.06. The van der Waals surface area contributed by atoms with E-state index in [1.807, 2.05) is 24.3 Å². The van der Waals surface area contributed by atoms with Crippen molar-refractivity contribution in [3.05, 3.63) is 71.0 Å². The minimum absolute atomic E-state index is 0.0445. The van der Waals surface area contributed by atoms with E-state index >= 15 is 0 Å². The summed E-state index contributed by atoms with van der Waals surface area (Å²) in [6.45, 7) is 1.43. The number of rotatable bonds is 5. The van der Waals surface area contributed by atoms with Crippen molar-refractivity contribution < 1.29 is 23.5 Å². The Hall–Kier alpha value is -3.12.